The van der Waals surface area contributed by atoms with E-state index in [4.69, 9.17) is 0 Å². The fourth-order valence-corrected chi connectivity index (χ4v) is 5.13. The van der Waals surface area contributed by atoms with Crippen molar-refractivity contribution in [2.24, 2.45) is 11.3 Å². The number of nitrogens with one attached hydrogen (secondary N) is 2. The Morgan fingerprint density at radius 3 is 2.40 bits per heavy atom. The maximum Gasteiger partial charge on any atom is 0.471 e. The third-order valence-corrected chi connectivity index (χ3v) is 7.11. The predicted molar refractivity (Wildman–Crippen MR) is 134 cm³/mol. The molecule has 0 spiro atoms. The molecule has 13 heteroatoms. The number of carbonyl (C=O) groups excluding carboxylic acids is 3. The van der Waals surface area contributed by atoms with E-state index in [-0.39, 0.29) is 35.2 Å². The van der Waals surface area contributed by atoms with E-state index in [2.05, 4.69) is 10.3 Å². The highest BCUT2D eigenvalue weighted by molar-refractivity contribution is 5.94. The van der Waals surface area contributed by atoms with Gasteiger partial charge in [-0.25, -0.2) is 8.78 Å². The van der Waals surface area contributed by atoms with Gasteiger partial charge in [0.05, 0.1) is 6.07 Å². The average Bonchev–Trinajstić information content (AvgIpc) is 3.26. The number of halogens is 5. The fourth-order valence-electron chi connectivity index (χ4n) is 5.13. The molecule has 2 N–H and O–H groups in total. The smallest absolute Gasteiger partial charge is 0.336 e. The Labute approximate surface area is 227 Å². The molecule has 1 aromatic carbocycles. The van der Waals surface area contributed by atoms with E-state index in [1.54, 1.807) is 27.7 Å². The lowest BCUT2D eigenvalue weighted by Crippen LogP contribution is -2.60. The number of pyridine rings is 1. The minimum absolute atomic E-state index is 0.0368. The lowest BCUT2D eigenvalue weighted by molar-refractivity contribution is -0.176. The van der Waals surface area contributed by atoms with E-state index in [1.165, 1.54) is 12.4 Å². The molecule has 1 fully saturated rings. The number of nitriles is 1. The number of likely N-dealkylation sites (tertiary alicyclic amines) is 1. The molecule has 1 aromatic heterocycles. The second kappa shape index (κ2) is 11.7. The molecular formula is C27H30F5N5O3. The summed E-state index contributed by atoms with van der Waals surface area (Å²) >= 11 is 0. The van der Waals surface area contributed by atoms with Gasteiger partial charge in [-0.1, -0.05) is 34.1 Å². The molecule has 0 bridgehead atoms. The van der Waals surface area contributed by atoms with Gasteiger partial charge in [0, 0.05) is 29.9 Å². The maximum absolute atomic E-state index is 14.0. The quantitative estimate of drug-likeness (QED) is 0.462. The Morgan fingerprint density at radius 1 is 1.15 bits per heavy atom. The van der Waals surface area contributed by atoms with Crippen LogP contribution >= 0.6 is 0 Å². The zero-order chi connectivity index (χ0) is 30.0. The van der Waals surface area contributed by atoms with Crippen molar-refractivity contribution in [3.05, 3.63) is 41.7 Å². The van der Waals surface area contributed by atoms with Gasteiger partial charge in [0.25, 0.3) is 0 Å². The van der Waals surface area contributed by atoms with Crippen molar-refractivity contribution in [2.75, 3.05) is 6.54 Å². The molecule has 0 unspecified atom stereocenters. The Balaban J connectivity index is 1.92. The minimum atomic E-state index is -5.22. The number of rotatable bonds is 8. The second-order valence-electron chi connectivity index (χ2n) is 10.8. The van der Waals surface area contributed by atoms with Crippen LogP contribution in [0, 0.1) is 34.3 Å². The lowest BCUT2D eigenvalue weighted by Gasteiger charge is -2.37. The number of fused-ring (bicyclic) bond motifs is 1. The number of hydrogen-bond acceptors (Lipinski definition) is 5. The first kappa shape index (κ1) is 30.7. The maximum atomic E-state index is 14.0. The highest BCUT2D eigenvalue weighted by Gasteiger charge is 2.48. The molecule has 3 amide bonds. The van der Waals surface area contributed by atoms with Crippen LogP contribution in [0.2, 0.25) is 0 Å². The highest BCUT2D eigenvalue weighted by atomic mass is 19.4. The van der Waals surface area contributed by atoms with Gasteiger partial charge in [-0.15, -0.1) is 0 Å². The Morgan fingerprint density at radius 2 is 1.80 bits per heavy atom. The molecule has 1 aliphatic heterocycles. The number of benzene rings is 1. The van der Waals surface area contributed by atoms with E-state index in [0.717, 1.165) is 17.0 Å². The molecule has 1 saturated heterocycles. The molecule has 0 radical (unpaired) electrons. The van der Waals surface area contributed by atoms with E-state index in [0.29, 0.717) is 12.8 Å². The molecule has 0 aliphatic carbocycles. The van der Waals surface area contributed by atoms with Crippen molar-refractivity contribution in [3.63, 3.8) is 0 Å². The number of aromatic nitrogens is 1. The van der Waals surface area contributed by atoms with E-state index in [9.17, 15) is 41.6 Å². The van der Waals surface area contributed by atoms with Gasteiger partial charge < -0.3 is 15.5 Å². The van der Waals surface area contributed by atoms with Crippen molar-refractivity contribution in [2.45, 2.75) is 71.3 Å². The van der Waals surface area contributed by atoms with Crippen LogP contribution in [0.3, 0.4) is 0 Å². The summed E-state index contributed by atoms with van der Waals surface area (Å²) in [5.41, 5.74) is -0.987. The second-order valence-corrected chi connectivity index (χ2v) is 10.8. The van der Waals surface area contributed by atoms with Gasteiger partial charge in [0.15, 0.2) is 11.6 Å². The minimum Gasteiger partial charge on any atom is -0.336 e. The van der Waals surface area contributed by atoms with Crippen molar-refractivity contribution in [1.29, 1.82) is 5.26 Å². The normalized spacial score (nSPS) is 19.1. The first-order valence-electron chi connectivity index (χ1n) is 12.7. The highest BCUT2D eigenvalue weighted by Crippen LogP contribution is 2.33. The number of carbonyl (C=O) groups is 3. The first-order chi connectivity index (χ1) is 18.6. The van der Waals surface area contributed by atoms with Gasteiger partial charge >= 0.3 is 12.1 Å². The van der Waals surface area contributed by atoms with Crippen molar-refractivity contribution < 1.29 is 36.3 Å². The molecule has 2 heterocycles. The monoisotopic (exact) mass is 567 g/mol. The zero-order valence-corrected chi connectivity index (χ0v) is 22.4. The van der Waals surface area contributed by atoms with Crippen LogP contribution in [0.25, 0.3) is 10.8 Å². The third-order valence-electron chi connectivity index (χ3n) is 7.11. The largest absolute Gasteiger partial charge is 0.471 e. The van der Waals surface area contributed by atoms with Crippen LogP contribution in [0.15, 0.2) is 24.5 Å². The van der Waals surface area contributed by atoms with Crippen LogP contribution in [0.1, 0.15) is 58.6 Å². The lowest BCUT2D eigenvalue weighted by atomic mass is 9.79. The standard InChI is InChI=1S/C27H30F5N5O3/c1-5-6-26(3,4)22(36-25(40)27(30,31)32)24(39)37-13-14(2)7-21(37)23(38)35-20(10-33)17-12-34-11-15-8-18(28)19(29)9-16(15)17/h8-9,11-12,14,20-22H,5-7,13H2,1-4H3,(H,35,38)(H,36,40)/t14-,20-,21+,22-/m1/s1. The fraction of sp³-hybridized carbons (Fsp3) is 0.519. The van der Waals surface area contributed by atoms with Crippen LogP contribution in [0.5, 0.6) is 0 Å². The molecule has 40 heavy (non-hydrogen) atoms. The Bertz CT molecular complexity index is 1340. The third kappa shape index (κ3) is 6.48. The molecule has 8 nitrogen and oxygen atoms in total. The number of hydrogen-bond donors (Lipinski definition) is 2. The first-order valence-corrected chi connectivity index (χ1v) is 12.7. The summed E-state index contributed by atoms with van der Waals surface area (Å²) in [6.45, 7) is 6.70. The summed E-state index contributed by atoms with van der Waals surface area (Å²) in [6, 6.07) is -0.414. The topological polar surface area (TPSA) is 115 Å². The van der Waals surface area contributed by atoms with Crippen LogP contribution < -0.4 is 10.6 Å². The van der Waals surface area contributed by atoms with Gasteiger partial charge in [-0.05, 0) is 41.7 Å². The molecule has 3 rings (SSSR count). The van der Waals surface area contributed by atoms with Crippen LogP contribution in [-0.4, -0.2) is 52.4 Å². The molecule has 1 aliphatic rings. The van der Waals surface area contributed by atoms with Crippen LogP contribution in [-0.2, 0) is 14.4 Å². The molecular weight excluding hydrogens is 537 g/mol. The number of nitrogens with zero attached hydrogens (tertiary/aromatic N) is 3. The van der Waals surface area contributed by atoms with Gasteiger partial charge in [-0.3, -0.25) is 19.4 Å². The summed E-state index contributed by atoms with van der Waals surface area (Å²) in [5, 5.41) is 14.5. The Hall–Kier alpha value is -3.82. The van der Waals surface area contributed by atoms with Crippen molar-refractivity contribution in [3.8, 4) is 6.07 Å². The van der Waals surface area contributed by atoms with Gasteiger partial charge in [-0.2, -0.15) is 18.4 Å². The zero-order valence-electron chi connectivity index (χ0n) is 22.4. The van der Waals surface area contributed by atoms with E-state index in [1.807, 2.05) is 11.4 Å². The average molecular weight is 568 g/mol. The molecule has 216 valence electrons. The summed E-state index contributed by atoms with van der Waals surface area (Å²) < 4.78 is 67.0. The van der Waals surface area contributed by atoms with Crippen LogP contribution in [0.4, 0.5) is 22.0 Å². The predicted octanol–water partition coefficient (Wildman–Crippen LogP) is 4.30. The Kier molecular flexibility index (Phi) is 9.01. The van der Waals surface area contributed by atoms with Gasteiger partial charge in [0.2, 0.25) is 11.8 Å². The van der Waals surface area contributed by atoms with E-state index < -0.39 is 59.1 Å². The summed E-state index contributed by atoms with van der Waals surface area (Å²) in [7, 11) is 0. The number of alkyl halides is 3. The van der Waals surface area contributed by atoms with E-state index >= 15 is 0 Å². The van der Waals surface area contributed by atoms with Gasteiger partial charge in [0.1, 0.15) is 18.1 Å². The SMILES string of the molecule is CCCC(C)(C)[C@H](NC(=O)C(F)(F)F)C(=O)N1C[C@H](C)C[C@H]1C(=O)N[C@H](C#N)c1cncc2cc(F)c(F)cc12. The van der Waals surface area contributed by atoms with Crippen molar-refractivity contribution >= 4 is 28.5 Å². The summed E-state index contributed by atoms with van der Waals surface area (Å²) in [6.07, 6.45) is -1.74. The molecule has 2 aromatic rings. The number of amides is 3. The molecule has 0 saturated carbocycles. The molecule has 4 atom stereocenters. The van der Waals surface area contributed by atoms with Crippen molar-refractivity contribution in [1.82, 2.24) is 20.5 Å². The summed E-state index contributed by atoms with van der Waals surface area (Å²) in [5.74, 6) is -6.37. The summed E-state index contributed by atoms with van der Waals surface area (Å²) in [4.78, 5) is 44.0.